The molecule has 0 N–H and O–H groups in total. The van der Waals surface area contributed by atoms with Crippen molar-refractivity contribution in [2.75, 3.05) is 7.11 Å². The van der Waals surface area contributed by atoms with Crippen molar-refractivity contribution >= 4 is 16.8 Å². The zero-order chi connectivity index (χ0) is 13.7. The molecule has 0 amide bonds. The summed E-state index contributed by atoms with van der Waals surface area (Å²) in [5, 5.41) is -0.398. The van der Waals surface area contributed by atoms with Crippen LogP contribution < -0.4 is 0 Å². The molecule has 0 aromatic heterocycles. The number of carbonyl (C=O) groups is 1. The SMILES string of the molecule is COC(=O)CC(C)S(=O)Cc1ccc(F)c(F)c1. The second kappa shape index (κ2) is 6.58. The van der Waals surface area contributed by atoms with Crippen LogP contribution in [-0.4, -0.2) is 22.5 Å². The summed E-state index contributed by atoms with van der Waals surface area (Å²) in [6.45, 7) is 1.65. The normalized spacial score (nSPS) is 14.0. The first-order chi connectivity index (χ1) is 8.43. The number of ether oxygens (including phenoxy) is 1. The fourth-order valence-electron chi connectivity index (χ4n) is 1.35. The number of esters is 1. The highest BCUT2D eigenvalue weighted by Crippen LogP contribution is 2.13. The van der Waals surface area contributed by atoms with Gasteiger partial charge in [-0.2, -0.15) is 0 Å². The van der Waals surface area contributed by atoms with E-state index in [4.69, 9.17) is 0 Å². The molecule has 0 saturated heterocycles. The van der Waals surface area contributed by atoms with Gasteiger partial charge in [-0.05, 0) is 17.7 Å². The molecule has 0 aliphatic heterocycles. The molecule has 0 aliphatic rings. The standard InChI is InChI=1S/C12H14F2O3S/c1-8(5-12(15)17-2)18(16)7-9-3-4-10(13)11(14)6-9/h3-4,6,8H,5,7H2,1-2H3. The lowest BCUT2D eigenvalue weighted by Crippen LogP contribution is -2.18. The molecule has 0 heterocycles. The Labute approximate surface area is 107 Å². The largest absolute Gasteiger partial charge is 0.469 e. The molecule has 0 aliphatic carbocycles. The van der Waals surface area contributed by atoms with E-state index in [1.807, 2.05) is 0 Å². The third kappa shape index (κ3) is 4.18. The van der Waals surface area contributed by atoms with E-state index in [9.17, 15) is 17.8 Å². The quantitative estimate of drug-likeness (QED) is 0.774. The van der Waals surface area contributed by atoms with Gasteiger partial charge in [-0.15, -0.1) is 0 Å². The third-order valence-corrected chi connectivity index (χ3v) is 4.11. The third-order valence-electron chi connectivity index (χ3n) is 2.42. The zero-order valence-electron chi connectivity index (χ0n) is 10.1. The number of methoxy groups -OCH3 is 1. The van der Waals surface area contributed by atoms with Gasteiger partial charge in [-0.1, -0.05) is 13.0 Å². The van der Waals surface area contributed by atoms with Crippen LogP contribution in [0.1, 0.15) is 18.9 Å². The summed E-state index contributed by atoms with van der Waals surface area (Å²) >= 11 is 0. The molecule has 18 heavy (non-hydrogen) atoms. The van der Waals surface area contributed by atoms with Crippen LogP contribution in [0.15, 0.2) is 18.2 Å². The molecule has 2 unspecified atom stereocenters. The van der Waals surface area contributed by atoms with Gasteiger partial charge < -0.3 is 4.74 Å². The summed E-state index contributed by atoms with van der Waals surface area (Å²) in [5.74, 6) is -2.27. The smallest absolute Gasteiger partial charge is 0.306 e. The predicted octanol–water partition coefficient (Wildman–Crippen LogP) is 2.17. The van der Waals surface area contributed by atoms with E-state index in [0.717, 1.165) is 12.1 Å². The molecule has 0 radical (unpaired) electrons. The number of hydrogen-bond donors (Lipinski definition) is 0. The molecule has 1 aromatic rings. The highest BCUT2D eigenvalue weighted by atomic mass is 32.2. The van der Waals surface area contributed by atoms with Gasteiger partial charge in [0.15, 0.2) is 11.6 Å². The summed E-state index contributed by atoms with van der Waals surface area (Å²) in [4.78, 5) is 11.0. The summed E-state index contributed by atoms with van der Waals surface area (Å²) in [7, 11) is -0.0855. The van der Waals surface area contributed by atoms with Crippen molar-refractivity contribution in [2.45, 2.75) is 24.3 Å². The number of carbonyl (C=O) groups excluding carboxylic acids is 1. The zero-order valence-corrected chi connectivity index (χ0v) is 10.9. The van der Waals surface area contributed by atoms with E-state index in [0.29, 0.717) is 5.56 Å². The average Bonchev–Trinajstić information content (AvgIpc) is 2.33. The topological polar surface area (TPSA) is 43.4 Å². The summed E-state index contributed by atoms with van der Waals surface area (Å²) in [6.07, 6.45) is 0.0345. The molecule has 6 heteroatoms. The van der Waals surface area contributed by atoms with Crippen molar-refractivity contribution in [3.05, 3.63) is 35.4 Å². The van der Waals surface area contributed by atoms with Crippen LogP contribution in [0.4, 0.5) is 8.78 Å². The Hall–Kier alpha value is -1.30. The van der Waals surface area contributed by atoms with Crippen LogP contribution in [0.3, 0.4) is 0 Å². The Balaban J connectivity index is 2.63. The van der Waals surface area contributed by atoms with Crippen molar-refractivity contribution in [3.63, 3.8) is 0 Å². The fraction of sp³-hybridized carbons (Fsp3) is 0.417. The lowest BCUT2D eigenvalue weighted by atomic mass is 10.2. The van der Waals surface area contributed by atoms with Crippen LogP contribution >= 0.6 is 0 Å². The Bertz CT molecular complexity index is 463. The molecule has 1 aromatic carbocycles. The van der Waals surface area contributed by atoms with Gasteiger partial charge in [0.05, 0.1) is 13.5 Å². The molecule has 100 valence electrons. The Morgan fingerprint density at radius 1 is 1.39 bits per heavy atom. The second-order valence-electron chi connectivity index (χ2n) is 3.86. The predicted molar refractivity (Wildman–Crippen MR) is 64.3 cm³/mol. The van der Waals surface area contributed by atoms with Gasteiger partial charge in [0, 0.05) is 21.8 Å². The minimum absolute atomic E-state index is 0.0345. The van der Waals surface area contributed by atoms with Gasteiger partial charge in [0.1, 0.15) is 0 Å². The monoisotopic (exact) mass is 276 g/mol. The van der Waals surface area contributed by atoms with Gasteiger partial charge >= 0.3 is 5.97 Å². The summed E-state index contributed by atoms with van der Waals surface area (Å²) < 4.78 is 42.0. The maximum atomic E-state index is 12.9. The van der Waals surface area contributed by atoms with Gasteiger partial charge in [-0.25, -0.2) is 8.78 Å². The highest BCUT2D eigenvalue weighted by molar-refractivity contribution is 7.84. The van der Waals surface area contributed by atoms with Crippen LogP contribution in [0.5, 0.6) is 0 Å². The Kier molecular flexibility index (Phi) is 5.40. The number of hydrogen-bond acceptors (Lipinski definition) is 3. The molecule has 0 bridgehead atoms. The van der Waals surface area contributed by atoms with E-state index in [1.165, 1.54) is 13.2 Å². The first-order valence-corrected chi connectivity index (χ1v) is 6.70. The second-order valence-corrected chi connectivity index (χ2v) is 5.72. The van der Waals surface area contributed by atoms with E-state index >= 15 is 0 Å². The van der Waals surface area contributed by atoms with E-state index in [-0.39, 0.29) is 12.2 Å². The van der Waals surface area contributed by atoms with Crippen molar-refractivity contribution in [1.29, 1.82) is 0 Å². The average molecular weight is 276 g/mol. The van der Waals surface area contributed by atoms with E-state index < -0.39 is 33.7 Å². The molecule has 3 nitrogen and oxygen atoms in total. The number of rotatable bonds is 5. The van der Waals surface area contributed by atoms with Crippen LogP contribution in [0, 0.1) is 11.6 Å². The lowest BCUT2D eigenvalue weighted by molar-refractivity contribution is -0.140. The van der Waals surface area contributed by atoms with Gasteiger partial charge in [-0.3, -0.25) is 9.00 Å². The minimum atomic E-state index is -1.34. The van der Waals surface area contributed by atoms with Crippen molar-refractivity contribution in [1.82, 2.24) is 0 Å². The summed E-state index contributed by atoms with van der Waals surface area (Å²) in [5.41, 5.74) is 0.434. The Morgan fingerprint density at radius 3 is 2.61 bits per heavy atom. The number of benzene rings is 1. The van der Waals surface area contributed by atoms with E-state index in [2.05, 4.69) is 4.74 Å². The van der Waals surface area contributed by atoms with Crippen molar-refractivity contribution < 1.29 is 22.5 Å². The number of halogens is 2. The molecule has 0 fully saturated rings. The van der Waals surface area contributed by atoms with Gasteiger partial charge in [0.25, 0.3) is 0 Å². The Morgan fingerprint density at radius 2 is 2.06 bits per heavy atom. The lowest BCUT2D eigenvalue weighted by Gasteiger charge is -2.10. The molecular weight excluding hydrogens is 262 g/mol. The first-order valence-electron chi connectivity index (χ1n) is 5.32. The molecule has 2 atom stereocenters. The van der Waals surface area contributed by atoms with Crippen molar-refractivity contribution in [2.24, 2.45) is 0 Å². The molecule has 0 spiro atoms. The molecule has 1 rings (SSSR count). The fourth-order valence-corrected chi connectivity index (χ4v) is 2.46. The van der Waals surface area contributed by atoms with Crippen LogP contribution in [-0.2, 0) is 26.1 Å². The van der Waals surface area contributed by atoms with Crippen molar-refractivity contribution in [3.8, 4) is 0 Å². The maximum Gasteiger partial charge on any atom is 0.306 e. The van der Waals surface area contributed by atoms with E-state index in [1.54, 1.807) is 6.92 Å². The maximum absolute atomic E-state index is 12.9. The highest BCUT2D eigenvalue weighted by Gasteiger charge is 2.16. The molecule has 0 saturated carbocycles. The van der Waals surface area contributed by atoms with Gasteiger partial charge in [0.2, 0.25) is 0 Å². The summed E-state index contributed by atoms with van der Waals surface area (Å²) in [6, 6.07) is 3.38. The van der Waals surface area contributed by atoms with Crippen LogP contribution in [0.25, 0.3) is 0 Å². The first kappa shape index (κ1) is 14.8. The molecular formula is C12H14F2O3S. The van der Waals surface area contributed by atoms with Crippen LogP contribution in [0.2, 0.25) is 0 Å². The minimum Gasteiger partial charge on any atom is -0.469 e.